The second-order valence-electron chi connectivity index (χ2n) is 6.85. The second kappa shape index (κ2) is 7.77. The summed E-state index contributed by atoms with van der Waals surface area (Å²) in [5, 5.41) is 11.4. The first-order valence-corrected chi connectivity index (χ1v) is 9.15. The van der Waals surface area contributed by atoms with Gasteiger partial charge in [-0.1, -0.05) is 12.1 Å². The minimum atomic E-state index is 0.0257. The summed E-state index contributed by atoms with van der Waals surface area (Å²) in [7, 11) is 3.71. The highest BCUT2D eigenvalue weighted by Gasteiger charge is 2.21. The van der Waals surface area contributed by atoms with Gasteiger partial charge in [-0.25, -0.2) is 4.68 Å². The van der Waals surface area contributed by atoms with Crippen LogP contribution in [-0.4, -0.2) is 76.3 Å². The molecule has 1 aliphatic heterocycles. The Hall–Kier alpha value is -3.26. The number of carbonyl (C=O) groups excluding carboxylic acids is 1. The van der Waals surface area contributed by atoms with Gasteiger partial charge in [-0.2, -0.15) is 0 Å². The maximum atomic E-state index is 13.1. The number of hydrogen-bond donors (Lipinski definition) is 0. The van der Waals surface area contributed by atoms with E-state index >= 15 is 0 Å². The lowest BCUT2D eigenvalue weighted by Gasteiger charge is -2.32. The number of ether oxygens (including phenoxy) is 1. The molecule has 0 bridgehead atoms. The third kappa shape index (κ3) is 3.72. The van der Waals surface area contributed by atoms with Gasteiger partial charge in [-0.3, -0.25) is 4.79 Å². The Bertz CT molecular complexity index is 947. The SMILES string of the molecule is COc1ccc(-c2cc(C(=O)N3CCN(C)CC3)cc(-n3cnnn3)c2)cc1. The highest BCUT2D eigenvalue weighted by Crippen LogP contribution is 2.26. The molecule has 1 fully saturated rings. The summed E-state index contributed by atoms with van der Waals surface area (Å²) in [5.74, 6) is 0.812. The van der Waals surface area contributed by atoms with Gasteiger partial charge in [0.15, 0.2) is 0 Å². The summed E-state index contributed by atoms with van der Waals surface area (Å²) in [6.07, 6.45) is 1.53. The molecule has 8 nitrogen and oxygen atoms in total. The van der Waals surface area contributed by atoms with Crippen molar-refractivity contribution in [2.45, 2.75) is 0 Å². The van der Waals surface area contributed by atoms with E-state index in [4.69, 9.17) is 4.74 Å². The van der Waals surface area contributed by atoms with Crippen LogP contribution >= 0.6 is 0 Å². The van der Waals surface area contributed by atoms with E-state index < -0.39 is 0 Å². The molecule has 8 heteroatoms. The van der Waals surface area contributed by atoms with Crippen molar-refractivity contribution in [2.75, 3.05) is 40.3 Å². The normalized spacial score (nSPS) is 14.9. The van der Waals surface area contributed by atoms with Gasteiger partial charge in [0.25, 0.3) is 5.91 Å². The Morgan fingerprint density at radius 1 is 1.00 bits per heavy atom. The van der Waals surface area contributed by atoms with Crippen LogP contribution in [-0.2, 0) is 0 Å². The van der Waals surface area contributed by atoms with E-state index in [1.54, 1.807) is 11.8 Å². The van der Waals surface area contributed by atoms with Crippen LogP contribution in [0.3, 0.4) is 0 Å². The first-order valence-electron chi connectivity index (χ1n) is 9.15. The van der Waals surface area contributed by atoms with Crippen LogP contribution in [0, 0.1) is 0 Å². The summed E-state index contributed by atoms with van der Waals surface area (Å²) in [4.78, 5) is 17.3. The Morgan fingerprint density at radius 2 is 1.75 bits per heavy atom. The van der Waals surface area contributed by atoms with Crippen molar-refractivity contribution in [3.63, 3.8) is 0 Å². The van der Waals surface area contributed by atoms with E-state index in [0.29, 0.717) is 5.56 Å². The van der Waals surface area contributed by atoms with E-state index in [-0.39, 0.29) is 5.91 Å². The van der Waals surface area contributed by atoms with Crippen LogP contribution in [0.25, 0.3) is 16.8 Å². The molecule has 144 valence electrons. The van der Waals surface area contributed by atoms with Crippen LogP contribution in [0.1, 0.15) is 10.4 Å². The number of nitrogens with zero attached hydrogens (tertiary/aromatic N) is 6. The van der Waals surface area contributed by atoms with E-state index in [1.807, 2.05) is 47.4 Å². The highest BCUT2D eigenvalue weighted by molar-refractivity contribution is 5.96. The zero-order chi connectivity index (χ0) is 19.5. The molecule has 2 heterocycles. The van der Waals surface area contributed by atoms with Gasteiger partial charge in [0.2, 0.25) is 0 Å². The van der Waals surface area contributed by atoms with Crippen molar-refractivity contribution in [3.05, 3.63) is 54.4 Å². The Morgan fingerprint density at radius 3 is 2.39 bits per heavy atom. The third-order valence-electron chi connectivity index (χ3n) is 4.99. The molecule has 0 unspecified atom stereocenters. The molecule has 1 aromatic heterocycles. The number of rotatable bonds is 4. The second-order valence-corrected chi connectivity index (χ2v) is 6.85. The maximum absolute atomic E-state index is 13.1. The molecule has 0 spiro atoms. The average molecular weight is 378 g/mol. The van der Waals surface area contributed by atoms with E-state index in [1.165, 1.54) is 6.33 Å². The third-order valence-corrected chi connectivity index (χ3v) is 4.99. The Kier molecular flexibility index (Phi) is 5.03. The predicted octanol–water partition coefficient (Wildman–Crippen LogP) is 1.73. The minimum Gasteiger partial charge on any atom is -0.497 e. The summed E-state index contributed by atoms with van der Waals surface area (Å²) in [6.45, 7) is 3.21. The van der Waals surface area contributed by atoms with Gasteiger partial charge in [-0.15, -0.1) is 5.10 Å². The van der Waals surface area contributed by atoms with Crippen molar-refractivity contribution in [1.29, 1.82) is 0 Å². The van der Waals surface area contributed by atoms with Crippen molar-refractivity contribution in [3.8, 4) is 22.6 Å². The first kappa shape index (κ1) is 18.1. The zero-order valence-corrected chi connectivity index (χ0v) is 15.9. The molecule has 1 amide bonds. The van der Waals surface area contributed by atoms with E-state index in [2.05, 4.69) is 27.5 Å². The van der Waals surface area contributed by atoms with Crippen LogP contribution in [0.15, 0.2) is 48.8 Å². The van der Waals surface area contributed by atoms with Gasteiger partial charge in [-0.05, 0) is 58.9 Å². The number of tetrazole rings is 1. The molecule has 0 saturated carbocycles. The lowest BCUT2D eigenvalue weighted by molar-refractivity contribution is 0.0664. The van der Waals surface area contributed by atoms with E-state index in [0.717, 1.165) is 48.7 Å². The quantitative estimate of drug-likeness (QED) is 0.688. The molecule has 0 radical (unpaired) electrons. The number of methoxy groups -OCH3 is 1. The zero-order valence-electron chi connectivity index (χ0n) is 15.9. The van der Waals surface area contributed by atoms with E-state index in [9.17, 15) is 4.79 Å². The molecular formula is C20H22N6O2. The van der Waals surface area contributed by atoms with Crippen molar-refractivity contribution >= 4 is 5.91 Å². The average Bonchev–Trinajstić information content (AvgIpc) is 3.28. The lowest BCUT2D eigenvalue weighted by atomic mass is 10.0. The topological polar surface area (TPSA) is 76.4 Å². The molecule has 0 atom stereocenters. The number of carbonyl (C=O) groups is 1. The van der Waals surface area contributed by atoms with Crippen LogP contribution in [0.5, 0.6) is 5.75 Å². The summed E-state index contributed by atoms with van der Waals surface area (Å²) < 4.78 is 6.81. The number of piperazine rings is 1. The largest absolute Gasteiger partial charge is 0.497 e. The van der Waals surface area contributed by atoms with Crippen molar-refractivity contribution in [2.24, 2.45) is 0 Å². The van der Waals surface area contributed by atoms with Crippen LogP contribution in [0.4, 0.5) is 0 Å². The maximum Gasteiger partial charge on any atom is 0.254 e. The van der Waals surface area contributed by atoms with Gasteiger partial charge in [0.1, 0.15) is 12.1 Å². The van der Waals surface area contributed by atoms with Crippen molar-refractivity contribution in [1.82, 2.24) is 30.0 Å². The fraction of sp³-hybridized carbons (Fsp3) is 0.300. The van der Waals surface area contributed by atoms with Gasteiger partial charge in [0, 0.05) is 31.7 Å². The van der Waals surface area contributed by atoms with Crippen molar-refractivity contribution < 1.29 is 9.53 Å². The summed E-state index contributed by atoms with van der Waals surface area (Å²) in [6, 6.07) is 13.5. The van der Waals surface area contributed by atoms with Crippen LogP contribution < -0.4 is 4.74 Å². The number of benzene rings is 2. The molecule has 3 aromatic rings. The van der Waals surface area contributed by atoms with Gasteiger partial charge < -0.3 is 14.5 Å². The molecule has 1 aliphatic rings. The molecule has 0 aliphatic carbocycles. The molecule has 28 heavy (non-hydrogen) atoms. The Labute approximate surface area is 163 Å². The smallest absolute Gasteiger partial charge is 0.254 e. The fourth-order valence-corrected chi connectivity index (χ4v) is 3.29. The molecular weight excluding hydrogens is 356 g/mol. The van der Waals surface area contributed by atoms with Gasteiger partial charge in [0.05, 0.1) is 12.8 Å². The number of amides is 1. The summed E-state index contributed by atoms with van der Waals surface area (Å²) in [5.41, 5.74) is 3.29. The predicted molar refractivity (Wildman–Crippen MR) is 105 cm³/mol. The standard InChI is InChI=1S/C20H22N6O2/c1-24-7-9-25(10-8-24)20(27)17-11-16(15-3-5-19(28-2)6-4-15)12-18(13-17)26-14-21-22-23-26/h3-6,11-14H,7-10H2,1-2H3. The molecule has 0 N–H and O–H groups in total. The molecule has 4 rings (SSSR count). The first-order chi connectivity index (χ1) is 13.6. The lowest BCUT2D eigenvalue weighted by Crippen LogP contribution is -2.47. The molecule has 1 saturated heterocycles. The monoisotopic (exact) mass is 378 g/mol. The summed E-state index contributed by atoms with van der Waals surface area (Å²) >= 11 is 0. The number of aromatic nitrogens is 4. The molecule has 2 aromatic carbocycles. The number of likely N-dealkylation sites (N-methyl/N-ethyl adjacent to an activating group) is 1. The van der Waals surface area contributed by atoms with Crippen LogP contribution in [0.2, 0.25) is 0 Å². The van der Waals surface area contributed by atoms with Gasteiger partial charge >= 0.3 is 0 Å². The minimum absolute atomic E-state index is 0.0257. The highest BCUT2D eigenvalue weighted by atomic mass is 16.5. The Balaban J connectivity index is 1.72. The number of hydrogen-bond acceptors (Lipinski definition) is 6. The fourth-order valence-electron chi connectivity index (χ4n) is 3.29.